The minimum absolute atomic E-state index is 0.0429. The van der Waals surface area contributed by atoms with Gasteiger partial charge in [-0.15, -0.1) is 17.8 Å². The Bertz CT molecular complexity index is 928. The van der Waals surface area contributed by atoms with E-state index in [9.17, 15) is 4.79 Å². The van der Waals surface area contributed by atoms with Crippen LogP contribution in [0.2, 0.25) is 0 Å². The van der Waals surface area contributed by atoms with E-state index in [-0.39, 0.29) is 11.9 Å². The van der Waals surface area contributed by atoms with E-state index in [1.807, 2.05) is 38.1 Å². The van der Waals surface area contributed by atoms with Crippen LogP contribution in [-0.2, 0) is 0 Å². The molecule has 0 N–H and O–H groups in total. The highest BCUT2D eigenvalue weighted by molar-refractivity contribution is 7.13. The van der Waals surface area contributed by atoms with E-state index >= 15 is 0 Å². The van der Waals surface area contributed by atoms with Gasteiger partial charge < -0.3 is 4.90 Å². The average Bonchev–Trinajstić information content (AvgIpc) is 3.12. The summed E-state index contributed by atoms with van der Waals surface area (Å²) >= 11 is 1.35. The van der Waals surface area contributed by atoms with Gasteiger partial charge in [-0.3, -0.25) is 4.79 Å². The third-order valence-electron chi connectivity index (χ3n) is 3.51. The largest absolute Gasteiger partial charge is 0.304 e. The number of amides is 1. The van der Waals surface area contributed by atoms with Crippen LogP contribution in [0.15, 0.2) is 48.1 Å². The normalized spacial score (nSPS) is 10.5. The number of thiazole rings is 1. The summed E-state index contributed by atoms with van der Waals surface area (Å²) in [6, 6.07) is 9.07. The second-order valence-corrected chi connectivity index (χ2v) is 6.43. The molecule has 1 aromatic carbocycles. The van der Waals surface area contributed by atoms with Crippen LogP contribution in [-0.4, -0.2) is 26.9 Å². The molecule has 3 rings (SSSR count). The summed E-state index contributed by atoms with van der Waals surface area (Å²) in [5.74, 6) is 2.93. The first kappa shape index (κ1) is 16.8. The molecular formula is C19H16N4OS. The predicted octanol–water partition coefficient (Wildman–Crippen LogP) is 3.64. The highest BCUT2D eigenvalue weighted by Gasteiger charge is 2.23. The number of terminal acetylenes is 1. The van der Waals surface area contributed by atoms with Crippen molar-refractivity contribution in [2.24, 2.45) is 0 Å². The van der Waals surface area contributed by atoms with Crippen molar-refractivity contribution in [3.8, 4) is 23.2 Å². The SMILES string of the molecule is C#Cc1cccc(N(C(=O)c2csc(-c3ncccn3)n2)C(C)C)c1. The van der Waals surface area contributed by atoms with Crippen molar-refractivity contribution in [1.82, 2.24) is 15.0 Å². The number of hydrogen-bond donors (Lipinski definition) is 0. The highest BCUT2D eigenvalue weighted by Crippen LogP contribution is 2.24. The number of anilines is 1. The van der Waals surface area contributed by atoms with Crippen LogP contribution < -0.4 is 4.90 Å². The summed E-state index contributed by atoms with van der Waals surface area (Å²) in [5.41, 5.74) is 1.85. The molecule has 124 valence electrons. The number of rotatable bonds is 4. The lowest BCUT2D eigenvalue weighted by Gasteiger charge is -2.26. The maximum atomic E-state index is 13.0. The van der Waals surface area contributed by atoms with Crippen LogP contribution in [0.5, 0.6) is 0 Å². The lowest BCUT2D eigenvalue weighted by Crippen LogP contribution is -2.37. The van der Waals surface area contributed by atoms with Crippen LogP contribution in [0, 0.1) is 12.3 Å². The molecule has 0 radical (unpaired) electrons. The number of hydrogen-bond acceptors (Lipinski definition) is 5. The van der Waals surface area contributed by atoms with Gasteiger partial charge in [-0.1, -0.05) is 12.0 Å². The molecule has 0 spiro atoms. The van der Waals surface area contributed by atoms with Gasteiger partial charge in [0.1, 0.15) is 5.69 Å². The first-order valence-corrected chi connectivity index (χ1v) is 8.61. The van der Waals surface area contributed by atoms with Crippen LogP contribution in [0.4, 0.5) is 5.69 Å². The van der Waals surface area contributed by atoms with Crippen LogP contribution in [0.3, 0.4) is 0 Å². The molecule has 25 heavy (non-hydrogen) atoms. The van der Waals surface area contributed by atoms with Crippen LogP contribution in [0.1, 0.15) is 29.9 Å². The minimum atomic E-state index is -0.178. The summed E-state index contributed by atoms with van der Waals surface area (Å²) in [7, 11) is 0. The van der Waals surface area contributed by atoms with Crippen molar-refractivity contribution in [1.29, 1.82) is 0 Å². The molecule has 6 heteroatoms. The number of nitrogens with zero attached hydrogens (tertiary/aromatic N) is 4. The van der Waals surface area contributed by atoms with E-state index in [1.165, 1.54) is 11.3 Å². The fourth-order valence-electron chi connectivity index (χ4n) is 2.40. The molecule has 5 nitrogen and oxygen atoms in total. The van der Waals surface area contributed by atoms with Crippen molar-refractivity contribution in [2.75, 3.05) is 4.90 Å². The monoisotopic (exact) mass is 348 g/mol. The van der Waals surface area contributed by atoms with Gasteiger partial charge in [0.05, 0.1) is 0 Å². The van der Waals surface area contributed by atoms with Gasteiger partial charge in [-0.05, 0) is 38.1 Å². The van der Waals surface area contributed by atoms with E-state index in [1.54, 1.807) is 28.7 Å². The van der Waals surface area contributed by atoms with Gasteiger partial charge in [-0.25, -0.2) is 15.0 Å². The van der Waals surface area contributed by atoms with E-state index in [4.69, 9.17) is 6.42 Å². The molecule has 0 aliphatic rings. The summed E-state index contributed by atoms with van der Waals surface area (Å²) in [6.45, 7) is 3.90. The Kier molecular flexibility index (Phi) is 4.87. The van der Waals surface area contributed by atoms with E-state index in [0.29, 0.717) is 16.5 Å². The van der Waals surface area contributed by atoms with Crippen LogP contribution >= 0.6 is 11.3 Å². The topological polar surface area (TPSA) is 59.0 Å². The minimum Gasteiger partial charge on any atom is -0.304 e. The zero-order chi connectivity index (χ0) is 17.8. The van der Waals surface area contributed by atoms with Crippen molar-refractivity contribution >= 4 is 22.9 Å². The molecule has 0 saturated carbocycles. The molecule has 3 aromatic rings. The van der Waals surface area contributed by atoms with Crippen molar-refractivity contribution in [3.05, 3.63) is 59.4 Å². The number of aromatic nitrogens is 3. The number of benzene rings is 1. The first-order chi connectivity index (χ1) is 12.1. The molecule has 2 heterocycles. The fourth-order valence-corrected chi connectivity index (χ4v) is 3.14. The first-order valence-electron chi connectivity index (χ1n) is 7.73. The highest BCUT2D eigenvalue weighted by atomic mass is 32.1. The Labute approximate surface area is 150 Å². The molecule has 0 aliphatic heterocycles. The molecule has 1 amide bonds. The average molecular weight is 348 g/mol. The Balaban J connectivity index is 1.94. The number of carbonyl (C=O) groups excluding carboxylic acids is 1. The van der Waals surface area contributed by atoms with Gasteiger partial charge in [-0.2, -0.15) is 0 Å². The number of carbonyl (C=O) groups is 1. The second kappa shape index (κ2) is 7.24. The van der Waals surface area contributed by atoms with Gasteiger partial charge in [0.15, 0.2) is 10.8 Å². The zero-order valence-electron chi connectivity index (χ0n) is 13.9. The summed E-state index contributed by atoms with van der Waals surface area (Å²) in [6.07, 6.45) is 8.77. The molecule has 0 saturated heterocycles. The Morgan fingerprint density at radius 1 is 1.24 bits per heavy atom. The summed E-state index contributed by atoms with van der Waals surface area (Å²) in [5, 5.41) is 2.35. The molecule has 0 aliphatic carbocycles. The van der Waals surface area contributed by atoms with E-state index < -0.39 is 0 Å². The molecular weight excluding hydrogens is 332 g/mol. The molecule has 0 bridgehead atoms. The Hall–Kier alpha value is -3.04. The summed E-state index contributed by atoms with van der Waals surface area (Å²) < 4.78 is 0. The molecule has 2 aromatic heterocycles. The van der Waals surface area contributed by atoms with Gasteiger partial charge >= 0.3 is 0 Å². The zero-order valence-corrected chi connectivity index (χ0v) is 14.7. The predicted molar refractivity (Wildman–Crippen MR) is 99.5 cm³/mol. The maximum absolute atomic E-state index is 13.0. The summed E-state index contributed by atoms with van der Waals surface area (Å²) in [4.78, 5) is 27.5. The smallest absolute Gasteiger partial charge is 0.278 e. The maximum Gasteiger partial charge on any atom is 0.278 e. The lowest BCUT2D eigenvalue weighted by molar-refractivity contribution is 0.0976. The van der Waals surface area contributed by atoms with Crippen molar-refractivity contribution < 1.29 is 4.79 Å². The Morgan fingerprint density at radius 2 is 2.00 bits per heavy atom. The molecule has 0 atom stereocenters. The molecule has 0 unspecified atom stereocenters. The van der Waals surface area contributed by atoms with Crippen molar-refractivity contribution in [2.45, 2.75) is 19.9 Å². The Morgan fingerprint density at radius 3 is 2.68 bits per heavy atom. The van der Waals surface area contributed by atoms with E-state index in [2.05, 4.69) is 20.9 Å². The second-order valence-electron chi connectivity index (χ2n) is 5.57. The lowest BCUT2D eigenvalue weighted by atomic mass is 10.1. The molecule has 0 fully saturated rings. The van der Waals surface area contributed by atoms with Crippen LogP contribution in [0.25, 0.3) is 10.8 Å². The van der Waals surface area contributed by atoms with Gasteiger partial charge in [0.2, 0.25) is 0 Å². The van der Waals surface area contributed by atoms with E-state index in [0.717, 1.165) is 11.3 Å². The third-order valence-corrected chi connectivity index (χ3v) is 4.34. The fraction of sp³-hybridized carbons (Fsp3) is 0.158. The van der Waals surface area contributed by atoms with Gasteiger partial charge in [0, 0.05) is 35.1 Å². The third kappa shape index (κ3) is 3.57. The van der Waals surface area contributed by atoms with Crippen molar-refractivity contribution in [3.63, 3.8) is 0 Å². The quantitative estimate of drug-likeness (QED) is 0.676. The van der Waals surface area contributed by atoms with Gasteiger partial charge in [0.25, 0.3) is 5.91 Å². The standard InChI is InChI=1S/C19H16N4OS/c1-4-14-7-5-8-15(11-14)23(13(2)3)19(24)16-12-25-18(22-16)17-20-9-6-10-21-17/h1,5-13H,2-3H3.